The number of hydrogen-bond donors (Lipinski definition) is 1. The summed E-state index contributed by atoms with van der Waals surface area (Å²) in [5, 5.41) is 2.28. The molecule has 0 unspecified atom stereocenters. The molecular formula is C10H4F2N2O2. The lowest BCUT2D eigenvalue weighted by molar-refractivity contribution is 0.400. The Morgan fingerprint density at radius 2 is 2.00 bits per heavy atom. The molecule has 1 aromatic carbocycles. The van der Waals surface area contributed by atoms with Crippen molar-refractivity contribution in [3.63, 3.8) is 0 Å². The Labute approximate surface area is 86.5 Å². The molecule has 3 rings (SSSR count). The van der Waals surface area contributed by atoms with Crippen LogP contribution < -0.4 is 5.63 Å². The van der Waals surface area contributed by atoms with E-state index in [1.165, 1.54) is 0 Å². The molecule has 0 radical (unpaired) electrons. The Kier molecular flexibility index (Phi) is 1.62. The number of pyridine rings is 1. The molecule has 4 nitrogen and oxygen atoms in total. The van der Waals surface area contributed by atoms with Crippen LogP contribution in [0.3, 0.4) is 0 Å². The van der Waals surface area contributed by atoms with Gasteiger partial charge in [0.15, 0.2) is 0 Å². The molecule has 3 aromatic rings. The van der Waals surface area contributed by atoms with Gasteiger partial charge in [0.2, 0.25) is 0 Å². The molecule has 2 aromatic heterocycles. The van der Waals surface area contributed by atoms with Gasteiger partial charge in [-0.15, -0.1) is 0 Å². The lowest BCUT2D eigenvalue weighted by Gasteiger charge is -1.99. The number of aromatic nitrogens is 2. The van der Waals surface area contributed by atoms with Crippen LogP contribution in [0.4, 0.5) is 8.78 Å². The zero-order chi connectivity index (χ0) is 11.3. The molecule has 80 valence electrons. The Balaban J connectivity index is 2.70. The average molecular weight is 222 g/mol. The van der Waals surface area contributed by atoms with E-state index in [9.17, 15) is 13.6 Å². The second kappa shape index (κ2) is 2.88. The van der Waals surface area contributed by atoms with E-state index in [2.05, 4.69) is 14.7 Å². The van der Waals surface area contributed by atoms with Crippen LogP contribution in [-0.4, -0.2) is 10.1 Å². The second-order valence-electron chi connectivity index (χ2n) is 3.29. The van der Waals surface area contributed by atoms with E-state index >= 15 is 0 Å². The van der Waals surface area contributed by atoms with E-state index in [1.807, 2.05) is 0 Å². The number of fused-ring (bicyclic) bond motifs is 3. The summed E-state index contributed by atoms with van der Waals surface area (Å²) in [6.07, 6.45) is 1.16. The second-order valence-corrected chi connectivity index (χ2v) is 3.29. The van der Waals surface area contributed by atoms with Gasteiger partial charge in [-0.1, -0.05) is 0 Å². The van der Waals surface area contributed by atoms with Gasteiger partial charge in [0.25, 0.3) is 0 Å². The van der Waals surface area contributed by atoms with E-state index < -0.39 is 17.3 Å². The summed E-state index contributed by atoms with van der Waals surface area (Å²) < 4.78 is 31.4. The van der Waals surface area contributed by atoms with Gasteiger partial charge < -0.3 is 4.52 Å². The summed E-state index contributed by atoms with van der Waals surface area (Å²) >= 11 is 0. The minimum absolute atomic E-state index is 0.0802. The fraction of sp³-hybridized carbons (Fsp3) is 0. The number of benzene rings is 1. The summed E-state index contributed by atoms with van der Waals surface area (Å²) in [6, 6.07) is 1.96. The number of nitrogens with zero attached hydrogens (tertiary/aromatic N) is 1. The molecule has 0 fully saturated rings. The quantitative estimate of drug-likeness (QED) is 0.632. The lowest BCUT2D eigenvalue weighted by atomic mass is 10.1. The maximum absolute atomic E-state index is 13.5. The van der Waals surface area contributed by atoms with E-state index in [4.69, 9.17) is 0 Å². The van der Waals surface area contributed by atoms with Crippen molar-refractivity contribution >= 4 is 21.8 Å². The molecule has 0 amide bonds. The van der Waals surface area contributed by atoms with Gasteiger partial charge in [-0.3, -0.25) is 4.98 Å². The third-order valence-corrected chi connectivity index (χ3v) is 2.39. The molecular weight excluding hydrogens is 218 g/mol. The third kappa shape index (κ3) is 1.01. The molecule has 0 spiro atoms. The minimum atomic E-state index is -0.661. The first-order valence-electron chi connectivity index (χ1n) is 4.42. The topological polar surface area (TPSA) is 58.9 Å². The highest BCUT2D eigenvalue weighted by Crippen LogP contribution is 2.24. The van der Waals surface area contributed by atoms with E-state index in [-0.39, 0.29) is 21.8 Å². The molecule has 0 aliphatic heterocycles. The first-order valence-corrected chi connectivity index (χ1v) is 4.42. The molecule has 1 N–H and O–H groups in total. The fourth-order valence-corrected chi connectivity index (χ4v) is 1.65. The number of hydrogen-bond acceptors (Lipinski definition) is 3. The van der Waals surface area contributed by atoms with Crippen molar-refractivity contribution in [2.24, 2.45) is 0 Å². The normalized spacial score (nSPS) is 11.4. The Bertz CT molecular complexity index is 760. The number of H-pyrrole nitrogens is 1. The van der Waals surface area contributed by atoms with Crippen molar-refractivity contribution in [2.45, 2.75) is 0 Å². The van der Waals surface area contributed by atoms with Crippen LogP contribution in [-0.2, 0) is 0 Å². The molecule has 0 aliphatic carbocycles. The van der Waals surface area contributed by atoms with Gasteiger partial charge in [0, 0.05) is 6.20 Å². The summed E-state index contributed by atoms with van der Waals surface area (Å²) in [5.74, 6) is -1.31. The predicted molar refractivity (Wildman–Crippen MR) is 52.1 cm³/mol. The van der Waals surface area contributed by atoms with Gasteiger partial charge in [0.05, 0.1) is 5.39 Å². The summed E-state index contributed by atoms with van der Waals surface area (Å²) in [7, 11) is 0. The van der Waals surface area contributed by atoms with Crippen LogP contribution in [0.15, 0.2) is 27.6 Å². The van der Waals surface area contributed by atoms with E-state index in [0.717, 1.165) is 18.3 Å². The van der Waals surface area contributed by atoms with Crippen LogP contribution in [0.1, 0.15) is 0 Å². The van der Waals surface area contributed by atoms with Gasteiger partial charge in [0.1, 0.15) is 28.1 Å². The molecule has 16 heavy (non-hydrogen) atoms. The number of halogens is 2. The van der Waals surface area contributed by atoms with Crippen LogP contribution in [0.5, 0.6) is 0 Å². The van der Waals surface area contributed by atoms with Crippen molar-refractivity contribution in [1.29, 1.82) is 0 Å². The average Bonchev–Trinajstić information content (AvgIpc) is 2.66. The lowest BCUT2D eigenvalue weighted by Crippen LogP contribution is -1.94. The number of nitrogens with one attached hydrogen (secondary N) is 1. The van der Waals surface area contributed by atoms with Crippen molar-refractivity contribution in [1.82, 2.24) is 10.1 Å². The van der Waals surface area contributed by atoms with Gasteiger partial charge in [-0.2, -0.15) is 0 Å². The highest BCUT2D eigenvalue weighted by Gasteiger charge is 2.14. The molecule has 0 aliphatic rings. The van der Waals surface area contributed by atoms with Crippen LogP contribution in [0.2, 0.25) is 0 Å². The van der Waals surface area contributed by atoms with Crippen LogP contribution >= 0.6 is 0 Å². The van der Waals surface area contributed by atoms with Crippen LogP contribution in [0.25, 0.3) is 21.8 Å². The molecule has 0 bridgehead atoms. The van der Waals surface area contributed by atoms with Crippen molar-refractivity contribution < 1.29 is 13.3 Å². The first-order chi connectivity index (χ1) is 7.68. The van der Waals surface area contributed by atoms with Crippen molar-refractivity contribution in [2.75, 3.05) is 0 Å². The zero-order valence-electron chi connectivity index (χ0n) is 7.75. The fourth-order valence-electron chi connectivity index (χ4n) is 1.65. The third-order valence-electron chi connectivity index (χ3n) is 2.39. The van der Waals surface area contributed by atoms with Gasteiger partial charge >= 0.3 is 5.63 Å². The molecule has 6 heteroatoms. The van der Waals surface area contributed by atoms with Crippen molar-refractivity contribution in [3.8, 4) is 0 Å². The zero-order valence-corrected chi connectivity index (χ0v) is 7.75. The predicted octanol–water partition coefficient (Wildman–Crippen LogP) is 1.95. The summed E-state index contributed by atoms with van der Waals surface area (Å²) in [5.41, 5.74) is -0.676. The monoisotopic (exact) mass is 222 g/mol. The van der Waals surface area contributed by atoms with E-state index in [1.54, 1.807) is 0 Å². The largest absolute Gasteiger partial charge is 0.366 e. The van der Waals surface area contributed by atoms with Crippen LogP contribution in [0, 0.1) is 11.6 Å². The molecule has 0 atom stereocenters. The Hall–Kier alpha value is -2.24. The van der Waals surface area contributed by atoms with Crippen molar-refractivity contribution in [3.05, 3.63) is 40.4 Å². The maximum Gasteiger partial charge on any atom is 0.366 e. The molecule has 0 saturated heterocycles. The maximum atomic E-state index is 13.5. The molecule has 2 heterocycles. The number of rotatable bonds is 0. The van der Waals surface area contributed by atoms with Gasteiger partial charge in [-0.25, -0.2) is 18.7 Å². The number of aromatic amines is 1. The highest BCUT2D eigenvalue weighted by atomic mass is 19.1. The Morgan fingerprint density at radius 3 is 2.81 bits per heavy atom. The summed E-state index contributed by atoms with van der Waals surface area (Å²) in [4.78, 5) is 14.9. The van der Waals surface area contributed by atoms with Gasteiger partial charge in [-0.05, 0) is 12.1 Å². The first kappa shape index (κ1) is 9.02. The summed E-state index contributed by atoms with van der Waals surface area (Å²) in [6.45, 7) is 0. The smallest absolute Gasteiger partial charge is 0.338 e. The standard InChI is InChI=1S/C10H4F2N2O2/c11-5-1-2-6(12)9-7(5)8-4(3-13-9)10(15)16-14-8/h1-3,14H. The molecule has 0 saturated carbocycles. The highest BCUT2D eigenvalue weighted by molar-refractivity contribution is 6.02. The Morgan fingerprint density at radius 1 is 1.25 bits per heavy atom. The SMILES string of the molecule is O=c1o[nH]c2c1cnc1c(F)ccc(F)c12. The minimum Gasteiger partial charge on any atom is -0.338 e. The van der Waals surface area contributed by atoms with E-state index in [0.29, 0.717) is 0 Å².